The molecular weight excluding hydrogens is 295 g/mol. The monoisotopic (exact) mass is 314 g/mol. The van der Waals surface area contributed by atoms with Crippen LogP contribution in [0.3, 0.4) is 0 Å². The summed E-state index contributed by atoms with van der Waals surface area (Å²) in [6, 6.07) is 4.09. The van der Waals surface area contributed by atoms with Gasteiger partial charge in [-0.1, -0.05) is 11.6 Å². The minimum absolute atomic E-state index is 0.0512. The molecule has 0 atom stereocenters. The van der Waals surface area contributed by atoms with Gasteiger partial charge >= 0.3 is 0 Å². The van der Waals surface area contributed by atoms with Crippen molar-refractivity contribution in [3.8, 4) is 0 Å². The molecule has 1 fully saturated rings. The van der Waals surface area contributed by atoms with Gasteiger partial charge in [0.15, 0.2) is 0 Å². The molecule has 0 radical (unpaired) electrons. The van der Waals surface area contributed by atoms with Crippen LogP contribution in [-0.2, 0) is 0 Å². The van der Waals surface area contributed by atoms with Gasteiger partial charge in [-0.15, -0.1) is 0 Å². The summed E-state index contributed by atoms with van der Waals surface area (Å²) in [7, 11) is 0. The quantitative estimate of drug-likeness (QED) is 0.928. The molecule has 1 aromatic rings. The van der Waals surface area contributed by atoms with Gasteiger partial charge in [-0.2, -0.15) is 0 Å². The standard InChI is InChI=1S/C15H20ClFN2O2/c1-15(2,21)10-18-5-7-19(8-6-18)14(20)12-4-3-11(16)9-13(12)17/h3-4,9,21H,5-8,10H2,1-2H3. The maximum Gasteiger partial charge on any atom is 0.256 e. The second-order valence-electron chi connectivity index (χ2n) is 6.00. The highest BCUT2D eigenvalue weighted by atomic mass is 35.5. The fraction of sp³-hybridized carbons (Fsp3) is 0.533. The molecule has 0 unspecified atom stereocenters. The zero-order chi connectivity index (χ0) is 15.6. The van der Waals surface area contributed by atoms with Gasteiger partial charge in [0.2, 0.25) is 0 Å². The molecule has 6 heteroatoms. The van der Waals surface area contributed by atoms with Gasteiger partial charge in [-0.25, -0.2) is 4.39 Å². The van der Waals surface area contributed by atoms with E-state index in [2.05, 4.69) is 4.90 Å². The molecule has 1 amide bonds. The highest BCUT2D eigenvalue weighted by Crippen LogP contribution is 2.17. The first-order valence-corrected chi connectivity index (χ1v) is 7.33. The molecule has 1 heterocycles. The fourth-order valence-corrected chi connectivity index (χ4v) is 2.65. The number of hydrogen-bond donors (Lipinski definition) is 1. The van der Waals surface area contributed by atoms with E-state index in [1.54, 1.807) is 18.7 Å². The van der Waals surface area contributed by atoms with Crippen LogP contribution < -0.4 is 0 Å². The normalized spacial score (nSPS) is 17.1. The number of hydrogen-bond acceptors (Lipinski definition) is 3. The van der Waals surface area contributed by atoms with Crippen LogP contribution >= 0.6 is 11.6 Å². The first-order chi connectivity index (χ1) is 9.76. The Hall–Kier alpha value is -1.17. The van der Waals surface area contributed by atoms with Gasteiger partial charge in [0, 0.05) is 37.7 Å². The lowest BCUT2D eigenvalue weighted by atomic mass is 10.1. The number of rotatable bonds is 3. The van der Waals surface area contributed by atoms with Crippen molar-refractivity contribution in [3.63, 3.8) is 0 Å². The molecular formula is C15H20ClFN2O2. The summed E-state index contributed by atoms with van der Waals surface area (Å²) in [5, 5.41) is 10.1. The van der Waals surface area contributed by atoms with Crippen LogP contribution in [0, 0.1) is 5.82 Å². The predicted octanol–water partition coefficient (Wildman–Crippen LogP) is 2.01. The lowest BCUT2D eigenvalue weighted by Crippen LogP contribution is -2.52. The van der Waals surface area contributed by atoms with Gasteiger partial charge in [-0.3, -0.25) is 9.69 Å². The van der Waals surface area contributed by atoms with Crippen molar-refractivity contribution >= 4 is 17.5 Å². The van der Waals surface area contributed by atoms with Gasteiger partial charge in [0.25, 0.3) is 5.91 Å². The van der Waals surface area contributed by atoms with Crippen LogP contribution in [0.15, 0.2) is 18.2 Å². The number of amides is 1. The molecule has 1 aromatic carbocycles. The molecule has 0 aromatic heterocycles. The van der Waals surface area contributed by atoms with E-state index in [1.165, 1.54) is 12.1 Å². The first kappa shape index (κ1) is 16.2. The Balaban J connectivity index is 1.97. The Morgan fingerprint density at radius 2 is 1.95 bits per heavy atom. The maximum atomic E-state index is 13.8. The second-order valence-corrected chi connectivity index (χ2v) is 6.44. The summed E-state index contributed by atoms with van der Waals surface area (Å²) in [6.45, 7) is 6.47. The van der Waals surface area contributed by atoms with E-state index in [0.29, 0.717) is 32.7 Å². The van der Waals surface area contributed by atoms with Crippen molar-refractivity contribution in [2.24, 2.45) is 0 Å². The van der Waals surface area contributed by atoms with Crippen LogP contribution in [-0.4, -0.2) is 59.1 Å². The van der Waals surface area contributed by atoms with Crippen molar-refractivity contribution in [1.29, 1.82) is 0 Å². The Morgan fingerprint density at radius 3 is 2.48 bits per heavy atom. The van der Waals surface area contributed by atoms with Crippen LogP contribution in [0.5, 0.6) is 0 Å². The number of nitrogens with zero attached hydrogens (tertiary/aromatic N) is 2. The van der Waals surface area contributed by atoms with E-state index in [0.717, 1.165) is 6.07 Å². The number of benzene rings is 1. The highest BCUT2D eigenvalue weighted by Gasteiger charge is 2.26. The number of carbonyl (C=O) groups excluding carboxylic acids is 1. The van der Waals surface area contributed by atoms with E-state index in [4.69, 9.17) is 11.6 Å². The van der Waals surface area contributed by atoms with Gasteiger partial charge in [0.05, 0.1) is 11.2 Å². The molecule has 1 N–H and O–H groups in total. The largest absolute Gasteiger partial charge is 0.389 e. The van der Waals surface area contributed by atoms with Crippen LogP contribution in [0.4, 0.5) is 4.39 Å². The topological polar surface area (TPSA) is 43.8 Å². The van der Waals surface area contributed by atoms with Crippen molar-refractivity contribution in [1.82, 2.24) is 9.80 Å². The Kier molecular flexibility index (Phi) is 4.86. The Bertz CT molecular complexity index is 523. The van der Waals surface area contributed by atoms with E-state index in [9.17, 15) is 14.3 Å². The summed E-state index contributed by atoms with van der Waals surface area (Å²) in [5.41, 5.74) is -0.704. The number of aliphatic hydroxyl groups is 1. The Morgan fingerprint density at radius 1 is 1.33 bits per heavy atom. The molecule has 1 saturated heterocycles. The average molecular weight is 315 g/mol. The fourth-order valence-electron chi connectivity index (χ4n) is 2.49. The van der Waals surface area contributed by atoms with Gasteiger partial charge < -0.3 is 10.0 Å². The van der Waals surface area contributed by atoms with Crippen molar-refractivity contribution in [2.75, 3.05) is 32.7 Å². The Labute approximate surface area is 129 Å². The zero-order valence-electron chi connectivity index (χ0n) is 12.3. The van der Waals surface area contributed by atoms with Crippen molar-refractivity contribution in [2.45, 2.75) is 19.4 Å². The molecule has 2 rings (SSSR count). The van der Waals surface area contributed by atoms with E-state index >= 15 is 0 Å². The van der Waals surface area contributed by atoms with E-state index < -0.39 is 11.4 Å². The summed E-state index contributed by atoms with van der Waals surface area (Å²) in [4.78, 5) is 16.0. The number of piperazine rings is 1. The molecule has 1 aliphatic heterocycles. The van der Waals surface area contributed by atoms with E-state index in [-0.39, 0.29) is 16.5 Å². The van der Waals surface area contributed by atoms with Gasteiger partial charge in [-0.05, 0) is 32.0 Å². The minimum atomic E-state index is -0.755. The first-order valence-electron chi connectivity index (χ1n) is 6.95. The second kappa shape index (κ2) is 6.30. The minimum Gasteiger partial charge on any atom is -0.389 e. The SMILES string of the molecule is CC(C)(O)CN1CCN(C(=O)c2ccc(Cl)cc2F)CC1. The number of carbonyl (C=O) groups is 1. The van der Waals surface area contributed by atoms with Crippen LogP contribution in [0.1, 0.15) is 24.2 Å². The third kappa shape index (κ3) is 4.40. The summed E-state index contributed by atoms with van der Waals surface area (Å²) >= 11 is 5.69. The third-order valence-corrected chi connectivity index (χ3v) is 3.67. The molecule has 116 valence electrons. The highest BCUT2D eigenvalue weighted by molar-refractivity contribution is 6.30. The third-order valence-electron chi connectivity index (χ3n) is 3.43. The zero-order valence-corrected chi connectivity index (χ0v) is 13.0. The number of β-amino-alcohol motifs (C(OH)–C–C–N with tert-alkyl or cyclic N) is 1. The molecule has 21 heavy (non-hydrogen) atoms. The van der Waals surface area contributed by atoms with Crippen LogP contribution in [0.25, 0.3) is 0 Å². The lowest BCUT2D eigenvalue weighted by molar-refractivity contribution is 0.0178. The summed E-state index contributed by atoms with van der Waals surface area (Å²) in [5.74, 6) is -0.904. The van der Waals surface area contributed by atoms with Gasteiger partial charge in [0.1, 0.15) is 5.82 Å². The maximum absolute atomic E-state index is 13.8. The number of halogens is 2. The van der Waals surface area contributed by atoms with Crippen molar-refractivity contribution < 1.29 is 14.3 Å². The molecule has 4 nitrogen and oxygen atoms in total. The summed E-state index contributed by atoms with van der Waals surface area (Å²) < 4.78 is 13.8. The predicted molar refractivity (Wildman–Crippen MR) is 80.1 cm³/mol. The molecule has 0 spiro atoms. The van der Waals surface area contributed by atoms with E-state index in [1.807, 2.05) is 0 Å². The average Bonchev–Trinajstić information content (AvgIpc) is 2.37. The summed E-state index contributed by atoms with van der Waals surface area (Å²) in [6.07, 6.45) is 0. The molecule has 1 aliphatic rings. The lowest BCUT2D eigenvalue weighted by Gasteiger charge is -2.37. The smallest absolute Gasteiger partial charge is 0.256 e. The van der Waals surface area contributed by atoms with Crippen LogP contribution in [0.2, 0.25) is 5.02 Å². The molecule has 0 saturated carbocycles. The molecule has 0 aliphatic carbocycles. The van der Waals surface area contributed by atoms with Crippen molar-refractivity contribution in [3.05, 3.63) is 34.6 Å². The molecule has 0 bridgehead atoms.